The summed E-state index contributed by atoms with van der Waals surface area (Å²) >= 11 is 0. The van der Waals surface area contributed by atoms with Crippen LogP contribution >= 0.6 is 0 Å². The Bertz CT molecular complexity index is 205. The summed E-state index contributed by atoms with van der Waals surface area (Å²) in [4.78, 5) is 2.69. The van der Waals surface area contributed by atoms with Crippen LogP contribution in [0.3, 0.4) is 0 Å². The zero-order valence-electron chi connectivity index (χ0n) is 10.5. The van der Waals surface area contributed by atoms with Crippen LogP contribution in [0.2, 0.25) is 0 Å². The highest BCUT2D eigenvalue weighted by Crippen LogP contribution is 2.38. The van der Waals surface area contributed by atoms with Gasteiger partial charge in [0.2, 0.25) is 0 Å². The lowest BCUT2D eigenvalue weighted by Gasteiger charge is -2.37. The first-order valence-corrected chi connectivity index (χ1v) is 6.66. The van der Waals surface area contributed by atoms with Gasteiger partial charge in [-0.05, 0) is 43.7 Å². The Kier molecular flexibility index (Phi) is 3.68. The Morgan fingerprint density at radius 1 is 1.27 bits per heavy atom. The average molecular weight is 210 g/mol. The van der Waals surface area contributed by atoms with Crippen molar-refractivity contribution in [3.63, 3.8) is 0 Å². The van der Waals surface area contributed by atoms with Crippen molar-refractivity contribution in [1.29, 1.82) is 0 Å². The van der Waals surface area contributed by atoms with Crippen LogP contribution in [0.15, 0.2) is 0 Å². The number of hydrogen-bond donors (Lipinski definition) is 1. The third-order valence-electron chi connectivity index (χ3n) is 4.22. The van der Waals surface area contributed by atoms with Gasteiger partial charge in [0.25, 0.3) is 0 Å². The van der Waals surface area contributed by atoms with Gasteiger partial charge in [0.15, 0.2) is 0 Å². The number of rotatable bonds is 4. The smallest absolute Gasteiger partial charge is 0.0117 e. The molecule has 0 bridgehead atoms. The van der Waals surface area contributed by atoms with E-state index in [-0.39, 0.29) is 0 Å². The molecule has 0 radical (unpaired) electrons. The lowest BCUT2D eigenvalue weighted by atomic mass is 9.93. The molecular formula is C13H26N2. The van der Waals surface area contributed by atoms with E-state index in [1.54, 1.807) is 0 Å². The summed E-state index contributed by atoms with van der Waals surface area (Å²) in [6.07, 6.45) is 2.82. The van der Waals surface area contributed by atoms with Crippen molar-refractivity contribution in [2.45, 2.75) is 39.7 Å². The molecule has 4 atom stereocenters. The highest BCUT2D eigenvalue weighted by Gasteiger charge is 2.35. The first kappa shape index (κ1) is 11.4. The number of hydrogen-bond acceptors (Lipinski definition) is 2. The Hall–Kier alpha value is -0.0800. The summed E-state index contributed by atoms with van der Waals surface area (Å²) in [5.74, 6) is 2.85. The Balaban J connectivity index is 1.72. The Morgan fingerprint density at radius 2 is 2.00 bits per heavy atom. The van der Waals surface area contributed by atoms with Crippen LogP contribution in [0.4, 0.5) is 0 Å². The highest BCUT2D eigenvalue weighted by molar-refractivity contribution is 4.89. The van der Waals surface area contributed by atoms with Gasteiger partial charge in [0.1, 0.15) is 0 Å². The number of likely N-dealkylation sites (tertiary alicyclic amines) is 1. The maximum atomic E-state index is 3.61. The van der Waals surface area contributed by atoms with Gasteiger partial charge < -0.3 is 10.2 Å². The van der Waals surface area contributed by atoms with Gasteiger partial charge in [0.05, 0.1) is 0 Å². The molecule has 2 rings (SSSR count). The van der Waals surface area contributed by atoms with E-state index in [2.05, 4.69) is 31.0 Å². The van der Waals surface area contributed by atoms with Crippen molar-refractivity contribution in [1.82, 2.24) is 10.2 Å². The maximum absolute atomic E-state index is 3.61. The van der Waals surface area contributed by atoms with E-state index < -0.39 is 0 Å². The SMILES string of the molecule is CCNC1CCN(CC2CC2C)CC1C. The molecule has 15 heavy (non-hydrogen) atoms. The minimum atomic E-state index is 0.767. The third kappa shape index (κ3) is 2.94. The minimum absolute atomic E-state index is 0.767. The van der Waals surface area contributed by atoms with Gasteiger partial charge in [-0.15, -0.1) is 0 Å². The predicted molar refractivity (Wildman–Crippen MR) is 65.0 cm³/mol. The van der Waals surface area contributed by atoms with Crippen molar-refractivity contribution >= 4 is 0 Å². The summed E-state index contributed by atoms with van der Waals surface area (Å²) in [5.41, 5.74) is 0. The molecule has 0 aromatic heterocycles. The number of piperidine rings is 1. The van der Waals surface area contributed by atoms with E-state index in [4.69, 9.17) is 0 Å². The zero-order valence-corrected chi connectivity index (χ0v) is 10.5. The van der Waals surface area contributed by atoms with Crippen molar-refractivity contribution in [3.8, 4) is 0 Å². The molecule has 1 heterocycles. The van der Waals surface area contributed by atoms with E-state index in [0.717, 1.165) is 30.3 Å². The van der Waals surface area contributed by atoms with Crippen LogP contribution in [0.1, 0.15) is 33.6 Å². The molecule has 2 heteroatoms. The first-order valence-electron chi connectivity index (χ1n) is 6.66. The van der Waals surface area contributed by atoms with Crippen molar-refractivity contribution in [2.75, 3.05) is 26.2 Å². The molecule has 1 saturated heterocycles. The van der Waals surface area contributed by atoms with Gasteiger partial charge >= 0.3 is 0 Å². The van der Waals surface area contributed by atoms with Crippen LogP contribution in [0.25, 0.3) is 0 Å². The topological polar surface area (TPSA) is 15.3 Å². The molecule has 88 valence electrons. The second kappa shape index (κ2) is 4.84. The average Bonchev–Trinajstić information content (AvgIpc) is 2.87. The normalized spacial score (nSPS) is 41.8. The quantitative estimate of drug-likeness (QED) is 0.763. The summed E-state index contributed by atoms with van der Waals surface area (Å²) in [6.45, 7) is 12.1. The second-order valence-corrected chi connectivity index (χ2v) is 5.66. The van der Waals surface area contributed by atoms with Crippen molar-refractivity contribution in [2.24, 2.45) is 17.8 Å². The summed E-state index contributed by atoms with van der Waals surface area (Å²) < 4.78 is 0. The molecule has 2 aliphatic rings. The van der Waals surface area contributed by atoms with E-state index in [1.165, 1.54) is 32.5 Å². The van der Waals surface area contributed by atoms with E-state index in [1.807, 2.05) is 0 Å². The van der Waals surface area contributed by atoms with Crippen LogP contribution in [-0.4, -0.2) is 37.1 Å². The highest BCUT2D eigenvalue weighted by atomic mass is 15.2. The lowest BCUT2D eigenvalue weighted by molar-refractivity contribution is 0.142. The van der Waals surface area contributed by atoms with Crippen molar-refractivity contribution in [3.05, 3.63) is 0 Å². The van der Waals surface area contributed by atoms with Crippen LogP contribution in [-0.2, 0) is 0 Å². The Labute approximate surface area is 94.4 Å². The van der Waals surface area contributed by atoms with Crippen LogP contribution in [0, 0.1) is 17.8 Å². The number of nitrogens with one attached hydrogen (secondary N) is 1. The van der Waals surface area contributed by atoms with Gasteiger partial charge in [-0.3, -0.25) is 0 Å². The molecule has 1 aliphatic heterocycles. The maximum Gasteiger partial charge on any atom is 0.0117 e. The first-order chi connectivity index (χ1) is 7.20. The standard InChI is InChI=1S/C13H26N2/c1-4-14-13-5-6-15(8-11(13)3)9-12-7-10(12)2/h10-14H,4-9H2,1-3H3. The molecular weight excluding hydrogens is 184 g/mol. The largest absolute Gasteiger partial charge is 0.314 e. The van der Waals surface area contributed by atoms with Gasteiger partial charge in [-0.2, -0.15) is 0 Å². The fourth-order valence-electron chi connectivity index (χ4n) is 2.95. The monoisotopic (exact) mass is 210 g/mol. The summed E-state index contributed by atoms with van der Waals surface area (Å²) in [6, 6.07) is 0.767. The minimum Gasteiger partial charge on any atom is -0.314 e. The molecule has 2 nitrogen and oxygen atoms in total. The molecule has 0 aromatic rings. The summed E-state index contributed by atoms with van der Waals surface area (Å²) in [5, 5.41) is 3.61. The molecule has 1 aliphatic carbocycles. The molecule has 1 N–H and O–H groups in total. The molecule has 1 saturated carbocycles. The number of nitrogens with zero attached hydrogens (tertiary/aromatic N) is 1. The summed E-state index contributed by atoms with van der Waals surface area (Å²) in [7, 11) is 0. The zero-order chi connectivity index (χ0) is 10.8. The predicted octanol–water partition coefficient (Wildman–Crippen LogP) is 1.96. The molecule has 4 unspecified atom stereocenters. The van der Waals surface area contributed by atoms with E-state index in [9.17, 15) is 0 Å². The van der Waals surface area contributed by atoms with Gasteiger partial charge in [-0.1, -0.05) is 20.8 Å². The van der Waals surface area contributed by atoms with Crippen LogP contribution < -0.4 is 5.32 Å². The van der Waals surface area contributed by atoms with E-state index >= 15 is 0 Å². The van der Waals surface area contributed by atoms with Crippen molar-refractivity contribution < 1.29 is 0 Å². The van der Waals surface area contributed by atoms with Crippen LogP contribution in [0.5, 0.6) is 0 Å². The molecule has 0 amide bonds. The lowest BCUT2D eigenvalue weighted by Crippen LogP contribution is -2.48. The van der Waals surface area contributed by atoms with Gasteiger partial charge in [-0.25, -0.2) is 0 Å². The second-order valence-electron chi connectivity index (χ2n) is 5.66. The fourth-order valence-corrected chi connectivity index (χ4v) is 2.95. The molecule has 0 spiro atoms. The Morgan fingerprint density at radius 3 is 2.53 bits per heavy atom. The van der Waals surface area contributed by atoms with E-state index in [0.29, 0.717) is 0 Å². The molecule has 2 fully saturated rings. The van der Waals surface area contributed by atoms with Gasteiger partial charge in [0, 0.05) is 19.1 Å². The fraction of sp³-hybridized carbons (Fsp3) is 1.00. The third-order valence-corrected chi connectivity index (χ3v) is 4.22. The molecule has 0 aromatic carbocycles.